The van der Waals surface area contributed by atoms with Crippen LogP contribution in [0, 0.1) is 11.7 Å². The second-order valence-corrected chi connectivity index (χ2v) is 8.00. The van der Waals surface area contributed by atoms with Gasteiger partial charge in [0.1, 0.15) is 5.82 Å². The molecule has 1 saturated carbocycles. The molecule has 0 bridgehead atoms. The van der Waals surface area contributed by atoms with Gasteiger partial charge in [-0.15, -0.1) is 0 Å². The molecule has 1 aromatic carbocycles. The van der Waals surface area contributed by atoms with Crippen molar-refractivity contribution in [2.24, 2.45) is 5.92 Å². The Hall–Kier alpha value is -2.44. The Bertz CT molecular complexity index is 723. The van der Waals surface area contributed by atoms with Gasteiger partial charge in [0, 0.05) is 24.7 Å². The highest BCUT2D eigenvalue weighted by atomic mass is 19.1. The van der Waals surface area contributed by atoms with Crippen molar-refractivity contribution in [2.75, 3.05) is 13.1 Å². The fraction of sp³-hybridized carbons (Fsp3) is 0.591. The van der Waals surface area contributed by atoms with Gasteiger partial charge < -0.3 is 15.0 Å². The van der Waals surface area contributed by atoms with E-state index >= 15 is 0 Å². The molecule has 7 heteroatoms. The van der Waals surface area contributed by atoms with E-state index in [1.807, 2.05) is 0 Å². The molecule has 6 nitrogen and oxygen atoms in total. The molecule has 1 aliphatic heterocycles. The average molecular weight is 404 g/mol. The summed E-state index contributed by atoms with van der Waals surface area (Å²) in [6.07, 6.45) is 5.57. The Morgan fingerprint density at radius 1 is 1.03 bits per heavy atom. The topological polar surface area (TPSA) is 75.7 Å². The fourth-order valence-electron chi connectivity index (χ4n) is 3.98. The second-order valence-electron chi connectivity index (χ2n) is 8.00. The molecule has 0 unspecified atom stereocenters. The van der Waals surface area contributed by atoms with Gasteiger partial charge in [-0.3, -0.25) is 14.4 Å². The fourth-order valence-corrected chi connectivity index (χ4v) is 3.98. The average Bonchev–Trinajstić information content (AvgIpc) is 2.74. The highest BCUT2D eigenvalue weighted by molar-refractivity contribution is 5.94. The van der Waals surface area contributed by atoms with E-state index in [1.54, 1.807) is 11.8 Å². The van der Waals surface area contributed by atoms with Crippen LogP contribution in [0.3, 0.4) is 0 Å². The third kappa shape index (κ3) is 5.78. The van der Waals surface area contributed by atoms with Crippen LogP contribution >= 0.6 is 0 Å². The highest BCUT2D eigenvalue weighted by Gasteiger charge is 2.31. The van der Waals surface area contributed by atoms with Crippen molar-refractivity contribution < 1.29 is 23.5 Å². The van der Waals surface area contributed by atoms with Gasteiger partial charge in [0.25, 0.3) is 11.8 Å². The number of benzene rings is 1. The number of likely N-dealkylation sites (tertiary alicyclic amines) is 1. The van der Waals surface area contributed by atoms with Crippen LogP contribution in [-0.4, -0.2) is 47.9 Å². The molecule has 1 aromatic rings. The van der Waals surface area contributed by atoms with Crippen LogP contribution in [0.5, 0.6) is 0 Å². The Morgan fingerprint density at radius 2 is 1.66 bits per heavy atom. The second kappa shape index (κ2) is 9.85. The molecule has 0 aromatic heterocycles. The number of hydrogen-bond donors (Lipinski definition) is 1. The molecule has 0 spiro atoms. The number of nitrogens with one attached hydrogen (secondary N) is 1. The summed E-state index contributed by atoms with van der Waals surface area (Å²) in [6.45, 7) is 2.46. The molecule has 1 aliphatic carbocycles. The summed E-state index contributed by atoms with van der Waals surface area (Å²) < 4.78 is 18.4. The zero-order valence-corrected chi connectivity index (χ0v) is 16.9. The van der Waals surface area contributed by atoms with Gasteiger partial charge in [-0.25, -0.2) is 4.39 Å². The van der Waals surface area contributed by atoms with Gasteiger partial charge in [0.15, 0.2) is 6.10 Å². The van der Waals surface area contributed by atoms with Crippen molar-refractivity contribution in [3.63, 3.8) is 0 Å². The van der Waals surface area contributed by atoms with Gasteiger partial charge in [-0.1, -0.05) is 19.3 Å². The molecule has 2 aliphatic rings. The summed E-state index contributed by atoms with van der Waals surface area (Å²) in [6, 6.07) is 5.63. The number of carbonyl (C=O) groups excluding carboxylic acids is 3. The summed E-state index contributed by atoms with van der Waals surface area (Å²) in [4.78, 5) is 38.9. The number of nitrogens with zero attached hydrogens (tertiary/aromatic N) is 1. The van der Waals surface area contributed by atoms with Crippen LogP contribution in [0.15, 0.2) is 24.3 Å². The molecule has 1 atom stereocenters. The van der Waals surface area contributed by atoms with Gasteiger partial charge in [-0.2, -0.15) is 0 Å². The van der Waals surface area contributed by atoms with E-state index in [4.69, 9.17) is 4.74 Å². The monoisotopic (exact) mass is 404 g/mol. The molecule has 1 heterocycles. The van der Waals surface area contributed by atoms with Gasteiger partial charge in [0.05, 0.1) is 5.92 Å². The third-order valence-electron chi connectivity index (χ3n) is 5.82. The first kappa shape index (κ1) is 21.3. The summed E-state index contributed by atoms with van der Waals surface area (Å²) in [5.41, 5.74) is 0.431. The van der Waals surface area contributed by atoms with E-state index in [-0.39, 0.29) is 35.6 Å². The molecular weight excluding hydrogens is 375 g/mol. The molecule has 29 heavy (non-hydrogen) atoms. The number of ether oxygens (including phenoxy) is 1. The lowest BCUT2D eigenvalue weighted by Crippen LogP contribution is -2.44. The highest BCUT2D eigenvalue weighted by Crippen LogP contribution is 2.22. The van der Waals surface area contributed by atoms with Crippen molar-refractivity contribution in [2.45, 2.75) is 64.0 Å². The maximum absolute atomic E-state index is 13.0. The predicted octanol–water partition coefficient (Wildman–Crippen LogP) is 3.06. The van der Waals surface area contributed by atoms with Crippen LogP contribution in [0.4, 0.5) is 4.39 Å². The molecule has 2 amide bonds. The van der Waals surface area contributed by atoms with E-state index < -0.39 is 6.10 Å². The maximum Gasteiger partial charge on any atom is 0.309 e. The van der Waals surface area contributed by atoms with Crippen molar-refractivity contribution in [3.05, 3.63) is 35.6 Å². The van der Waals surface area contributed by atoms with Crippen molar-refractivity contribution in [3.8, 4) is 0 Å². The van der Waals surface area contributed by atoms with Gasteiger partial charge in [-0.05, 0) is 56.9 Å². The van der Waals surface area contributed by atoms with Gasteiger partial charge >= 0.3 is 5.97 Å². The Kier molecular flexibility index (Phi) is 7.23. The number of piperidine rings is 1. The van der Waals surface area contributed by atoms with Crippen LogP contribution in [0.1, 0.15) is 62.2 Å². The summed E-state index contributed by atoms with van der Waals surface area (Å²) >= 11 is 0. The predicted molar refractivity (Wildman–Crippen MR) is 106 cm³/mol. The Labute approximate surface area is 170 Å². The van der Waals surface area contributed by atoms with E-state index in [2.05, 4.69) is 5.32 Å². The van der Waals surface area contributed by atoms with E-state index in [0.29, 0.717) is 31.5 Å². The lowest BCUT2D eigenvalue weighted by Gasteiger charge is -2.31. The van der Waals surface area contributed by atoms with Gasteiger partial charge in [0.2, 0.25) is 0 Å². The zero-order valence-electron chi connectivity index (χ0n) is 16.9. The van der Waals surface area contributed by atoms with Crippen LogP contribution in [0.2, 0.25) is 0 Å². The first-order chi connectivity index (χ1) is 13.9. The third-order valence-corrected chi connectivity index (χ3v) is 5.82. The zero-order chi connectivity index (χ0) is 20.8. The smallest absolute Gasteiger partial charge is 0.309 e. The van der Waals surface area contributed by atoms with E-state index in [1.165, 1.54) is 30.7 Å². The number of esters is 1. The lowest BCUT2D eigenvalue weighted by atomic mass is 9.95. The first-order valence-corrected chi connectivity index (χ1v) is 10.5. The van der Waals surface area contributed by atoms with Crippen molar-refractivity contribution in [1.29, 1.82) is 0 Å². The quantitative estimate of drug-likeness (QED) is 0.766. The Morgan fingerprint density at radius 3 is 2.28 bits per heavy atom. The lowest BCUT2D eigenvalue weighted by molar-refractivity contribution is -0.160. The summed E-state index contributed by atoms with van der Waals surface area (Å²) in [7, 11) is 0. The maximum atomic E-state index is 13.0. The molecule has 1 saturated heterocycles. The molecule has 158 valence electrons. The minimum Gasteiger partial charge on any atom is -0.452 e. The molecule has 0 radical (unpaired) electrons. The number of rotatable bonds is 5. The standard InChI is InChI=1S/C22H29FN2O4/c1-15(20(26)24-19-5-3-2-4-6-19)29-22(28)17-11-13-25(14-12-17)21(27)16-7-9-18(23)10-8-16/h7-10,15,17,19H,2-6,11-14H2,1H3,(H,24,26)/t15-/m0/s1. The normalized spacial score (nSPS) is 19.4. The van der Waals surface area contributed by atoms with E-state index in [0.717, 1.165) is 25.7 Å². The van der Waals surface area contributed by atoms with Crippen molar-refractivity contribution >= 4 is 17.8 Å². The molecule has 3 rings (SSSR count). The van der Waals surface area contributed by atoms with E-state index in [9.17, 15) is 18.8 Å². The molecule has 2 fully saturated rings. The number of halogens is 1. The first-order valence-electron chi connectivity index (χ1n) is 10.5. The van der Waals surface area contributed by atoms with Crippen LogP contribution < -0.4 is 5.32 Å². The van der Waals surface area contributed by atoms with Crippen LogP contribution in [-0.2, 0) is 14.3 Å². The number of amides is 2. The molecule has 1 N–H and O–H groups in total. The summed E-state index contributed by atoms with van der Waals surface area (Å²) in [5, 5.41) is 2.98. The number of carbonyl (C=O) groups is 3. The van der Waals surface area contributed by atoms with Crippen molar-refractivity contribution in [1.82, 2.24) is 10.2 Å². The van der Waals surface area contributed by atoms with Crippen LogP contribution in [0.25, 0.3) is 0 Å². The minimum absolute atomic E-state index is 0.169. The SMILES string of the molecule is C[C@H](OC(=O)C1CCN(C(=O)c2ccc(F)cc2)CC1)C(=O)NC1CCCCC1. The minimum atomic E-state index is -0.816. The summed E-state index contributed by atoms with van der Waals surface area (Å²) in [5.74, 6) is -1.50. The Balaban J connectivity index is 1.43. The molecular formula is C22H29FN2O4. The largest absolute Gasteiger partial charge is 0.452 e. The number of hydrogen-bond acceptors (Lipinski definition) is 4.